The van der Waals surface area contributed by atoms with E-state index in [2.05, 4.69) is 34.8 Å². The lowest BCUT2D eigenvalue weighted by molar-refractivity contribution is 0.626. The third kappa shape index (κ3) is 2.51. The molecule has 0 atom stereocenters. The van der Waals surface area contributed by atoms with E-state index in [1.807, 2.05) is 23.2 Å². The Labute approximate surface area is 95.1 Å². The van der Waals surface area contributed by atoms with Crippen molar-refractivity contribution in [2.45, 2.75) is 0 Å². The highest BCUT2D eigenvalue weighted by molar-refractivity contribution is 5.78. The van der Waals surface area contributed by atoms with Crippen molar-refractivity contribution in [3.8, 4) is 0 Å². The first-order chi connectivity index (χ1) is 7.90. The maximum absolute atomic E-state index is 3.97. The molecule has 0 saturated heterocycles. The number of hydrogen-bond acceptors (Lipinski definition) is 2. The van der Waals surface area contributed by atoms with Crippen molar-refractivity contribution in [2.75, 3.05) is 13.1 Å². The Bertz CT molecular complexity index is 454. The zero-order valence-electron chi connectivity index (χ0n) is 9.13. The van der Waals surface area contributed by atoms with Crippen molar-refractivity contribution in [1.82, 2.24) is 9.88 Å². The van der Waals surface area contributed by atoms with Crippen LogP contribution in [0.5, 0.6) is 0 Å². The fourth-order valence-corrected chi connectivity index (χ4v) is 1.53. The highest BCUT2D eigenvalue weighted by atomic mass is 15.2. The Morgan fingerprint density at radius 3 is 2.81 bits per heavy atom. The molecule has 0 bridgehead atoms. The van der Waals surface area contributed by atoms with Crippen LogP contribution in [0.25, 0.3) is 10.9 Å². The molecule has 1 aromatic carbocycles. The number of nitrogens with one attached hydrogen (secondary N) is 1. The number of para-hydroxylation sites is 1. The van der Waals surface area contributed by atoms with Crippen LogP contribution >= 0.6 is 0 Å². The summed E-state index contributed by atoms with van der Waals surface area (Å²) in [6.07, 6.45) is 5.52. The minimum Gasteiger partial charge on any atom is -0.361 e. The van der Waals surface area contributed by atoms with Crippen LogP contribution in [0.4, 0.5) is 0 Å². The molecule has 1 N–H and O–H groups in total. The molecule has 1 aliphatic heterocycles. The molecule has 0 spiro atoms. The summed E-state index contributed by atoms with van der Waals surface area (Å²) < 4.78 is 0. The van der Waals surface area contributed by atoms with Gasteiger partial charge in [-0.2, -0.15) is 0 Å². The van der Waals surface area contributed by atoms with Crippen LogP contribution in [-0.4, -0.2) is 29.3 Å². The Kier molecular flexibility index (Phi) is 3.38. The summed E-state index contributed by atoms with van der Waals surface area (Å²) in [4.78, 5) is 9.04. The number of rotatable bonds is 1. The van der Waals surface area contributed by atoms with E-state index in [0.717, 1.165) is 13.1 Å². The van der Waals surface area contributed by atoms with Gasteiger partial charge in [0.15, 0.2) is 0 Å². The van der Waals surface area contributed by atoms with Crippen molar-refractivity contribution in [3.63, 3.8) is 0 Å². The number of aromatic amines is 1. The van der Waals surface area contributed by atoms with E-state index in [0.29, 0.717) is 0 Å². The molecule has 3 nitrogen and oxygen atoms in total. The van der Waals surface area contributed by atoms with Gasteiger partial charge in [0, 0.05) is 18.3 Å². The second-order valence-corrected chi connectivity index (χ2v) is 3.51. The molecule has 2 heterocycles. The van der Waals surface area contributed by atoms with Gasteiger partial charge < -0.3 is 9.88 Å². The van der Waals surface area contributed by atoms with Crippen molar-refractivity contribution in [2.24, 2.45) is 4.99 Å². The van der Waals surface area contributed by atoms with E-state index >= 15 is 0 Å². The van der Waals surface area contributed by atoms with Gasteiger partial charge in [0.1, 0.15) is 0 Å². The van der Waals surface area contributed by atoms with E-state index in [-0.39, 0.29) is 0 Å². The van der Waals surface area contributed by atoms with Crippen LogP contribution in [0, 0.1) is 0 Å². The first-order valence-corrected chi connectivity index (χ1v) is 5.30. The molecule has 3 rings (SSSR count). The first-order valence-electron chi connectivity index (χ1n) is 5.30. The Balaban J connectivity index is 0.000000125. The lowest BCUT2D eigenvalue weighted by Gasteiger charge is -2.02. The fraction of sp³-hybridized carbons (Fsp3) is 0.154. The molecule has 82 valence electrons. The van der Waals surface area contributed by atoms with E-state index < -0.39 is 0 Å². The molecule has 0 amide bonds. The number of fused-ring (bicyclic) bond motifs is 1. The summed E-state index contributed by atoms with van der Waals surface area (Å²) in [6, 6.07) is 10.3. The van der Waals surface area contributed by atoms with Crippen molar-refractivity contribution in [1.29, 1.82) is 0 Å². The van der Waals surface area contributed by atoms with Crippen LogP contribution in [0.2, 0.25) is 0 Å². The van der Waals surface area contributed by atoms with Gasteiger partial charge in [-0.3, -0.25) is 4.99 Å². The molecule has 0 aliphatic carbocycles. The van der Waals surface area contributed by atoms with Gasteiger partial charge in [0.2, 0.25) is 0 Å². The Morgan fingerprint density at radius 2 is 2.19 bits per heavy atom. The van der Waals surface area contributed by atoms with Crippen molar-refractivity contribution in [3.05, 3.63) is 49.3 Å². The normalized spacial score (nSPS) is 13.6. The molecule has 0 radical (unpaired) electrons. The topological polar surface area (TPSA) is 31.4 Å². The summed E-state index contributed by atoms with van der Waals surface area (Å²) in [6.45, 7) is 5.50. The van der Waals surface area contributed by atoms with Crippen LogP contribution in [0.1, 0.15) is 0 Å². The maximum atomic E-state index is 3.97. The number of nitrogens with zero attached hydrogens (tertiary/aromatic N) is 2. The second kappa shape index (κ2) is 5.16. The van der Waals surface area contributed by atoms with Gasteiger partial charge in [-0.1, -0.05) is 24.8 Å². The molecule has 1 aliphatic rings. The number of benzene rings is 1. The average Bonchev–Trinajstić information content (AvgIpc) is 3.01. The largest absolute Gasteiger partial charge is 0.361 e. The Hall–Kier alpha value is -2.03. The van der Waals surface area contributed by atoms with Gasteiger partial charge in [0.25, 0.3) is 0 Å². The Morgan fingerprint density at radius 1 is 1.31 bits per heavy atom. The number of hydrogen-bond donors (Lipinski definition) is 1. The molecule has 0 fully saturated rings. The third-order valence-corrected chi connectivity index (χ3v) is 2.41. The van der Waals surface area contributed by atoms with Crippen LogP contribution < -0.4 is 0 Å². The summed E-state index contributed by atoms with van der Waals surface area (Å²) >= 11 is 0. The standard InChI is InChI=1S/C8H7N.C5H8N2/c1-2-4-8-7(3-1)5-6-9-8;1-2-7-4-3-6-5-7/h1-6,9H;2,5H,1,3-4H2. The monoisotopic (exact) mass is 213 g/mol. The van der Waals surface area contributed by atoms with Gasteiger partial charge in [-0.05, 0) is 23.7 Å². The predicted octanol–water partition coefficient (Wildman–Crippen LogP) is 2.64. The SMILES string of the molecule is C=CN1C=NCC1.c1ccc2[nH]ccc2c1. The van der Waals surface area contributed by atoms with Crippen LogP contribution in [-0.2, 0) is 0 Å². The highest BCUT2D eigenvalue weighted by Gasteiger charge is 1.96. The van der Waals surface area contributed by atoms with Gasteiger partial charge in [-0.25, -0.2) is 0 Å². The van der Waals surface area contributed by atoms with Crippen LogP contribution in [0.3, 0.4) is 0 Å². The quantitative estimate of drug-likeness (QED) is 0.775. The summed E-state index contributed by atoms with van der Waals surface area (Å²) in [5, 5.41) is 1.28. The van der Waals surface area contributed by atoms with Crippen molar-refractivity contribution < 1.29 is 0 Å². The van der Waals surface area contributed by atoms with Gasteiger partial charge in [-0.15, -0.1) is 0 Å². The minimum atomic E-state index is 0.923. The van der Waals surface area contributed by atoms with Crippen LogP contribution in [0.15, 0.2) is 54.3 Å². The summed E-state index contributed by atoms with van der Waals surface area (Å²) in [7, 11) is 0. The van der Waals surface area contributed by atoms with Gasteiger partial charge in [0.05, 0.1) is 12.9 Å². The number of aromatic nitrogens is 1. The van der Waals surface area contributed by atoms with E-state index in [1.54, 1.807) is 12.5 Å². The average molecular weight is 213 g/mol. The molecule has 1 aromatic heterocycles. The summed E-state index contributed by atoms with van der Waals surface area (Å²) in [5.41, 5.74) is 1.21. The molecule has 3 heteroatoms. The zero-order valence-corrected chi connectivity index (χ0v) is 9.13. The highest BCUT2D eigenvalue weighted by Crippen LogP contribution is 2.09. The van der Waals surface area contributed by atoms with Gasteiger partial charge >= 0.3 is 0 Å². The molecule has 2 aromatic rings. The second-order valence-electron chi connectivity index (χ2n) is 3.51. The zero-order chi connectivity index (χ0) is 11.2. The summed E-state index contributed by atoms with van der Waals surface area (Å²) in [5.74, 6) is 0. The lowest BCUT2D eigenvalue weighted by atomic mass is 10.3. The molecular weight excluding hydrogens is 198 g/mol. The molecule has 0 saturated carbocycles. The fourth-order valence-electron chi connectivity index (χ4n) is 1.53. The van der Waals surface area contributed by atoms with E-state index in [9.17, 15) is 0 Å². The predicted molar refractivity (Wildman–Crippen MR) is 68.6 cm³/mol. The molecule has 16 heavy (non-hydrogen) atoms. The third-order valence-electron chi connectivity index (χ3n) is 2.41. The first kappa shape index (κ1) is 10.5. The van der Waals surface area contributed by atoms with Crippen molar-refractivity contribution >= 4 is 17.2 Å². The van der Waals surface area contributed by atoms with E-state index in [1.165, 1.54) is 10.9 Å². The minimum absolute atomic E-state index is 0.923. The molecular formula is C13H15N3. The smallest absolute Gasteiger partial charge is 0.0890 e. The lowest BCUT2D eigenvalue weighted by Crippen LogP contribution is -2.09. The number of aliphatic imine (C=N–C) groups is 1. The number of H-pyrrole nitrogens is 1. The molecule has 0 unspecified atom stereocenters. The maximum Gasteiger partial charge on any atom is 0.0890 e. The van der Waals surface area contributed by atoms with E-state index in [4.69, 9.17) is 0 Å².